The minimum Gasteiger partial charge on any atom is -0.449 e. The highest BCUT2D eigenvalue weighted by Gasteiger charge is 2.26. The summed E-state index contributed by atoms with van der Waals surface area (Å²) in [4.78, 5) is 30.8. The Balaban J connectivity index is 1.59. The van der Waals surface area contributed by atoms with Gasteiger partial charge in [-0.1, -0.05) is 6.07 Å². The summed E-state index contributed by atoms with van der Waals surface area (Å²) >= 11 is 1.51. The van der Waals surface area contributed by atoms with Crippen LogP contribution in [0.4, 0.5) is 15.5 Å². The molecule has 2 aromatic heterocycles. The molecular weight excluding hydrogens is 388 g/mol. The van der Waals surface area contributed by atoms with Crippen molar-refractivity contribution in [3.8, 4) is 0 Å². The Labute approximate surface area is 174 Å². The SMILES string of the molecule is CCN(C)C(=O)OCC1CCc2c(sc(NC(=O)/C=C/c3cccnc3)c2N)C1. The van der Waals surface area contributed by atoms with Crippen LogP contribution in [0.15, 0.2) is 30.6 Å². The fourth-order valence-electron chi connectivity index (χ4n) is 3.14. The highest BCUT2D eigenvalue weighted by atomic mass is 32.1. The minimum atomic E-state index is -0.294. The van der Waals surface area contributed by atoms with Crippen LogP contribution in [0.3, 0.4) is 0 Å². The van der Waals surface area contributed by atoms with Crippen molar-refractivity contribution in [3.05, 3.63) is 46.6 Å². The van der Waals surface area contributed by atoms with E-state index < -0.39 is 0 Å². The monoisotopic (exact) mass is 414 g/mol. The van der Waals surface area contributed by atoms with Crippen LogP contribution in [-0.4, -0.2) is 42.1 Å². The predicted octanol–water partition coefficient (Wildman–Crippen LogP) is 3.57. The Kier molecular flexibility index (Phi) is 6.87. The van der Waals surface area contributed by atoms with Gasteiger partial charge in [-0.25, -0.2) is 4.79 Å². The fourth-order valence-corrected chi connectivity index (χ4v) is 4.43. The maximum atomic E-state index is 12.3. The molecule has 3 rings (SSSR count). The molecule has 7 nitrogen and oxygen atoms in total. The summed E-state index contributed by atoms with van der Waals surface area (Å²) in [6.07, 6.45) is 8.80. The number of amides is 2. The van der Waals surface area contributed by atoms with E-state index in [-0.39, 0.29) is 17.9 Å². The average molecular weight is 415 g/mol. The number of pyridine rings is 1. The number of carbonyl (C=O) groups excluding carboxylic acids is 2. The van der Waals surface area contributed by atoms with Crippen LogP contribution in [0.25, 0.3) is 6.08 Å². The number of hydrogen-bond acceptors (Lipinski definition) is 6. The van der Waals surface area contributed by atoms with Gasteiger partial charge in [-0.05, 0) is 55.4 Å². The van der Waals surface area contributed by atoms with Gasteiger partial charge < -0.3 is 20.7 Å². The lowest BCUT2D eigenvalue weighted by molar-refractivity contribution is -0.111. The summed E-state index contributed by atoms with van der Waals surface area (Å²) < 4.78 is 5.40. The topological polar surface area (TPSA) is 97.5 Å². The number of ether oxygens (including phenoxy) is 1. The lowest BCUT2D eigenvalue weighted by Crippen LogP contribution is -2.29. The standard InChI is InChI=1S/C21H26N4O3S/c1-3-25(2)21(27)28-13-15-6-8-16-17(11-15)29-20(19(16)22)24-18(26)9-7-14-5-4-10-23-12-14/h4-5,7,9-10,12,15H,3,6,8,11,13,22H2,1-2H3,(H,24,26)/b9-7+. The predicted molar refractivity (Wildman–Crippen MR) is 116 cm³/mol. The summed E-state index contributed by atoms with van der Waals surface area (Å²) in [5.74, 6) is 0.0380. The van der Waals surface area contributed by atoms with Crippen LogP contribution in [0.2, 0.25) is 0 Å². The maximum Gasteiger partial charge on any atom is 0.409 e. The van der Waals surface area contributed by atoms with Crippen LogP contribution >= 0.6 is 11.3 Å². The number of anilines is 2. The third-order valence-corrected chi connectivity index (χ3v) is 6.17. The van der Waals surface area contributed by atoms with Crippen molar-refractivity contribution in [1.82, 2.24) is 9.88 Å². The molecule has 0 spiro atoms. The molecular formula is C21H26N4O3S. The highest BCUT2D eigenvalue weighted by Crippen LogP contribution is 2.41. The number of hydrogen-bond donors (Lipinski definition) is 2. The molecule has 154 valence electrons. The van der Waals surface area contributed by atoms with Gasteiger partial charge in [-0.3, -0.25) is 9.78 Å². The molecule has 8 heteroatoms. The van der Waals surface area contributed by atoms with Gasteiger partial charge in [-0.15, -0.1) is 11.3 Å². The molecule has 0 aromatic carbocycles. The van der Waals surface area contributed by atoms with Crippen molar-refractivity contribution in [1.29, 1.82) is 0 Å². The van der Waals surface area contributed by atoms with Gasteiger partial charge in [0.15, 0.2) is 0 Å². The van der Waals surface area contributed by atoms with Gasteiger partial charge >= 0.3 is 6.09 Å². The number of nitrogens with two attached hydrogens (primary N) is 1. The number of aromatic nitrogens is 1. The van der Waals surface area contributed by atoms with Crippen LogP contribution in [0, 0.1) is 5.92 Å². The van der Waals surface area contributed by atoms with Crippen LogP contribution in [0.5, 0.6) is 0 Å². The second-order valence-corrected chi connectivity index (χ2v) is 8.16. The molecule has 29 heavy (non-hydrogen) atoms. The van der Waals surface area contributed by atoms with Crippen molar-refractivity contribution in [3.63, 3.8) is 0 Å². The number of nitrogen functional groups attached to an aromatic ring is 1. The molecule has 1 unspecified atom stereocenters. The zero-order valence-corrected chi connectivity index (χ0v) is 17.5. The van der Waals surface area contributed by atoms with Gasteiger partial charge in [0.05, 0.1) is 12.3 Å². The van der Waals surface area contributed by atoms with E-state index in [9.17, 15) is 9.59 Å². The number of thiophene rings is 1. The normalized spacial score (nSPS) is 15.7. The molecule has 0 bridgehead atoms. The Morgan fingerprint density at radius 1 is 1.48 bits per heavy atom. The van der Waals surface area contributed by atoms with Crippen molar-refractivity contribution in [2.45, 2.75) is 26.2 Å². The summed E-state index contributed by atoms with van der Waals surface area (Å²) in [5, 5.41) is 3.56. The Morgan fingerprint density at radius 3 is 3.03 bits per heavy atom. The first-order chi connectivity index (χ1) is 14.0. The zero-order chi connectivity index (χ0) is 20.8. The molecule has 0 saturated heterocycles. The van der Waals surface area contributed by atoms with E-state index >= 15 is 0 Å². The molecule has 3 N–H and O–H groups in total. The molecule has 0 saturated carbocycles. The lowest BCUT2D eigenvalue weighted by Gasteiger charge is -2.23. The minimum absolute atomic E-state index is 0.229. The molecule has 2 amide bonds. The van der Waals surface area contributed by atoms with E-state index in [0.29, 0.717) is 23.8 Å². The van der Waals surface area contributed by atoms with Gasteiger partial charge in [0, 0.05) is 36.9 Å². The van der Waals surface area contributed by atoms with Crippen LogP contribution in [0.1, 0.15) is 29.3 Å². The lowest BCUT2D eigenvalue weighted by atomic mass is 9.89. The summed E-state index contributed by atoms with van der Waals surface area (Å²) in [5.41, 5.74) is 8.88. The van der Waals surface area contributed by atoms with Crippen molar-refractivity contribution in [2.75, 3.05) is 31.2 Å². The number of nitrogens with one attached hydrogen (secondary N) is 1. The quantitative estimate of drug-likeness (QED) is 0.704. The molecule has 1 atom stereocenters. The fraction of sp³-hybridized carbons (Fsp3) is 0.381. The Hall–Kier alpha value is -2.87. The largest absolute Gasteiger partial charge is 0.449 e. The third-order valence-electron chi connectivity index (χ3n) is 4.99. The molecule has 0 fully saturated rings. The first-order valence-corrected chi connectivity index (χ1v) is 10.5. The van der Waals surface area contributed by atoms with Crippen molar-refractivity contribution < 1.29 is 14.3 Å². The second-order valence-electron chi connectivity index (χ2n) is 7.06. The summed E-state index contributed by atoms with van der Waals surface area (Å²) in [6.45, 7) is 2.92. The number of carbonyl (C=O) groups is 2. The van der Waals surface area contributed by atoms with E-state index in [4.69, 9.17) is 10.5 Å². The Morgan fingerprint density at radius 2 is 2.31 bits per heavy atom. The van der Waals surface area contributed by atoms with E-state index in [1.807, 2.05) is 19.1 Å². The third kappa shape index (κ3) is 5.35. The number of rotatable bonds is 6. The molecule has 1 aliphatic rings. The van der Waals surface area contributed by atoms with Crippen molar-refractivity contribution >= 4 is 40.1 Å². The van der Waals surface area contributed by atoms with Crippen molar-refractivity contribution in [2.24, 2.45) is 5.92 Å². The zero-order valence-electron chi connectivity index (χ0n) is 16.7. The average Bonchev–Trinajstić information content (AvgIpc) is 3.05. The first-order valence-electron chi connectivity index (χ1n) is 9.65. The van der Waals surface area contributed by atoms with Gasteiger partial charge in [0.1, 0.15) is 5.00 Å². The maximum absolute atomic E-state index is 12.3. The second kappa shape index (κ2) is 9.56. The summed E-state index contributed by atoms with van der Waals surface area (Å²) in [7, 11) is 1.72. The van der Waals surface area contributed by atoms with E-state index in [0.717, 1.165) is 35.3 Å². The molecule has 0 aliphatic heterocycles. The first kappa shape index (κ1) is 20.9. The van der Waals surface area contributed by atoms with Crippen LogP contribution in [-0.2, 0) is 22.4 Å². The van der Waals surface area contributed by atoms with Gasteiger partial charge in [-0.2, -0.15) is 0 Å². The van der Waals surface area contributed by atoms with E-state index in [1.165, 1.54) is 17.4 Å². The van der Waals surface area contributed by atoms with Gasteiger partial charge in [0.25, 0.3) is 0 Å². The Bertz CT molecular complexity index is 895. The highest BCUT2D eigenvalue weighted by molar-refractivity contribution is 7.17. The number of nitrogens with zero attached hydrogens (tertiary/aromatic N) is 2. The molecule has 2 heterocycles. The van der Waals surface area contributed by atoms with E-state index in [2.05, 4.69) is 10.3 Å². The summed E-state index contributed by atoms with van der Waals surface area (Å²) in [6, 6.07) is 3.69. The molecule has 2 aromatic rings. The molecule has 1 aliphatic carbocycles. The van der Waals surface area contributed by atoms with Gasteiger partial charge in [0.2, 0.25) is 5.91 Å². The van der Waals surface area contributed by atoms with Crippen LogP contribution < -0.4 is 11.1 Å². The smallest absolute Gasteiger partial charge is 0.409 e. The number of fused-ring (bicyclic) bond motifs is 1. The molecule has 0 radical (unpaired) electrons. The van der Waals surface area contributed by atoms with E-state index in [1.54, 1.807) is 30.4 Å².